The van der Waals surface area contributed by atoms with Gasteiger partial charge in [0.1, 0.15) is 17.7 Å². The van der Waals surface area contributed by atoms with E-state index in [0.29, 0.717) is 18.6 Å². The van der Waals surface area contributed by atoms with Gasteiger partial charge in [0.25, 0.3) is 0 Å². The van der Waals surface area contributed by atoms with Crippen LogP contribution in [0.25, 0.3) is 22.0 Å². The molecule has 0 aliphatic heterocycles. The van der Waals surface area contributed by atoms with Crippen molar-refractivity contribution in [2.45, 2.75) is 57.7 Å². The van der Waals surface area contributed by atoms with E-state index in [-0.39, 0.29) is 6.10 Å². The van der Waals surface area contributed by atoms with Crippen LogP contribution in [0.2, 0.25) is 0 Å². The highest BCUT2D eigenvalue weighted by atomic mass is 19.4. The number of aliphatic carboxylic acids is 1. The number of aromatic amines is 1. The van der Waals surface area contributed by atoms with E-state index in [0.717, 1.165) is 42.8 Å². The van der Waals surface area contributed by atoms with Crippen LogP contribution in [0.15, 0.2) is 48.7 Å². The topological polar surface area (TPSA) is 92.3 Å². The number of hydrogen-bond acceptors (Lipinski definition) is 4. The summed E-state index contributed by atoms with van der Waals surface area (Å²) in [4.78, 5) is 28.2. The molecule has 0 fully saturated rings. The molecule has 3 rings (SSSR count). The Labute approximate surface area is 196 Å². The third-order valence-corrected chi connectivity index (χ3v) is 5.30. The fourth-order valence-corrected chi connectivity index (χ4v) is 3.38. The Balaban J connectivity index is 0.000000509. The van der Waals surface area contributed by atoms with Gasteiger partial charge in [-0.25, -0.2) is 9.78 Å². The third kappa shape index (κ3) is 8.30. The SMILES string of the molecule is CCC(=O)CCCCC[C@@H](OC)c1ncc(-c2ccc3ccccc3c2)[nH]1.O=C(O)C(F)(F)F. The predicted octanol–water partition coefficient (Wildman–Crippen LogP) is 6.48. The van der Waals surface area contributed by atoms with Crippen molar-refractivity contribution in [3.8, 4) is 11.3 Å². The molecule has 6 nitrogen and oxygen atoms in total. The Morgan fingerprint density at radius 1 is 1.09 bits per heavy atom. The number of carbonyl (C=O) groups is 2. The number of ketones is 1. The van der Waals surface area contributed by atoms with Gasteiger partial charge in [-0.05, 0) is 29.7 Å². The molecule has 0 saturated carbocycles. The van der Waals surface area contributed by atoms with Crippen molar-refractivity contribution in [1.29, 1.82) is 0 Å². The number of aromatic nitrogens is 2. The number of methoxy groups -OCH3 is 1. The first-order valence-electron chi connectivity index (χ1n) is 11.0. The molecule has 0 aliphatic rings. The zero-order chi connectivity index (χ0) is 25.1. The van der Waals surface area contributed by atoms with E-state index in [9.17, 15) is 18.0 Å². The van der Waals surface area contributed by atoms with Crippen LogP contribution in [0.1, 0.15) is 57.4 Å². The number of halogens is 3. The number of ether oxygens (including phenoxy) is 1. The number of benzene rings is 2. The Bertz CT molecular complexity index is 1080. The standard InChI is InChI=1S/C23H28N2O2.C2HF3O2/c1-3-20(26)11-5-4-6-12-22(27-2)23-24-16-21(25-23)19-14-13-17-9-7-8-10-18(17)15-19;3-2(4,5)1(6)7/h7-10,13-16,22H,3-6,11-12H2,1-2H3,(H,24,25);(H,6,7)/t22-;/m1./s1. The van der Waals surface area contributed by atoms with Crippen LogP contribution < -0.4 is 0 Å². The van der Waals surface area contributed by atoms with Gasteiger partial charge in [0.15, 0.2) is 0 Å². The molecule has 0 radical (unpaired) electrons. The molecule has 0 unspecified atom stereocenters. The quantitative estimate of drug-likeness (QED) is 0.325. The van der Waals surface area contributed by atoms with Gasteiger partial charge < -0.3 is 14.8 Å². The van der Waals surface area contributed by atoms with E-state index >= 15 is 0 Å². The number of rotatable bonds is 10. The number of hydrogen-bond donors (Lipinski definition) is 2. The highest BCUT2D eigenvalue weighted by molar-refractivity contribution is 5.86. The number of carboxylic acids is 1. The van der Waals surface area contributed by atoms with E-state index in [4.69, 9.17) is 14.6 Å². The van der Waals surface area contributed by atoms with Crippen molar-refractivity contribution in [2.24, 2.45) is 0 Å². The Kier molecular flexibility index (Phi) is 10.2. The molecule has 2 aromatic carbocycles. The monoisotopic (exact) mass is 478 g/mol. The van der Waals surface area contributed by atoms with Gasteiger partial charge >= 0.3 is 12.1 Å². The molecule has 3 aromatic rings. The fourth-order valence-electron chi connectivity index (χ4n) is 3.38. The van der Waals surface area contributed by atoms with Crippen molar-refractivity contribution < 1.29 is 32.6 Å². The molecule has 1 heterocycles. The maximum atomic E-state index is 11.4. The molecule has 1 aromatic heterocycles. The number of nitrogens with zero attached hydrogens (tertiary/aromatic N) is 1. The van der Waals surface area contributed by atoms with Crippen molar-refractivity contribution in [2.75, 3.05) is 7.11 Å². The third-order valence-electron chi connectivity index (χ3n) is 5.30. The minimum atomic E-state index is -5.08. The summed E-state index contributed by atoms with van der Waals surface area (Å²) in [6.45, 7) is 1.92. The maximum absolute atomic E-state index is 11.4. The van der Waals surface area contributed by atoms with Crippen LogP contribution in [0.4, 0.5) is 13.2 Å². The van der Waals surface area contributed by atoms with Gasteiger partial charge in [0.05, 0.1) is 11.9 Å². The van der Waals surface area contributed by atoms with Gasteiger partial charge in [0, 0.05) is 25.5 Å². The number of alkyl halides is 3. The van der Waals surface area contributed by atoms with Crippen molar-refractivity contribution in [1.82, 2.24) is 9.97 Å². The fraction of sp³-hybridized carbons (Fsp3) is 0.400. The largest absolute Gasteiger partial charge is 0.490 e. The minimum absolute atomic E-state index is 0.0407. The lowest BCUT2D eigenvalue weighted by molar-refractivity contribution is -0.192. The van der Waals surface area contributed by atoms with E-state index < -0.39 is 12.1 Å². The average molecular weight is 479 g/mol. The number of unbranched alkanes of at least 4 members (excludes halogenated alkanes) is 2. The van der Waals surface area contributed by atoms with Gasteiger partial charge in [-0.3, -0.25) is 4.79 Å². The van der Waals surface area contributed by atoms with Crippen LogP contribution in [0, 0.1) is 0 Å². The van der Waals surface area contributed by atoms with Crippen LogP contribution in [-0.4, -0.2) is 40.1 Å². The minimum Gasteiger partial charge on any atom is -0.475 e. The summed E-state index contributed by atoms with van der Waals surface area (Å²) < 4.78 is 37.4. The molecule has 1 atom stereocenters. The summed E-state index contributed by atoms with van der Waals surface area (Å²) in [7, 11) is 1.73. The zero-order valence-electron chi connectivity index (χ0n) is 19.2. The summed E-state index contributed by atoms with van der Waals surface area (Å²) in [5, 5.41) is 9.58. The molecule has 0 spiro atoms. The molecule has 0 bridgehead atoms. The zero-order valence-corrected chi connectivity index (χ0v) is 19.2. The molecule has 184 valence electrons. The van der Waals surface area contributed by atoms with Crippen LogP contribution in [-0.2, 0) is 14.3 Å². The first-order valence-corrected chi connectivity index (χ1v) is 11.0. The second kappa shape index (κ2) is 12.9. The number of nitrogens with one attached hydrogen (secondary N) is 1. The molecule has 0 amide bonds. The lowest BCUT2D eigenvalue weighted by atomic mass is 10.1. The second-order valence-electron chi connectivity index (χ2n) is 7.76. The smallest absolute Gasteiger partial charge is 0.475 e. The highest BCUT2D eigenvalue weighted by Gasteiger charge is 2.38. The number of fused-ring (bicyclic) bond motifs is 1. The Morgan fingerprint density at radius 2 is 1.76 bits per heavy atom. The van der Waals surface area contributed by atoms with Gasteiger partial charge in [-0.15, -0.1) is 0 Å². The maximum Gasteiger partial charge on any atom is 0.490 e. The number of carboxylic acid groups (broad SMARTS) is 1. The average Bonchev–Trinajstić information content (AvgIpc) is 3.30. The van der Waals surface area contributed by atoms with Crippen molar-refractivity contribution in [3.05, 3.63) is 54.5 Å². The lowest BCUT2D eigenvalue weighted by Gasteiger charge is -2.12. The molecular formula is C25H29F3N2O4. The van der Waals surface area contributed by atoms with Gasteiger partial charge in [-0.2, -0.15) is 13.2 Å². The molecule has 2 N–H and O–H groups in total. The van der Waals surface area contributed by atoms with E-state index in [1.165, 1.54) is 10.8 Å². The number of H-pyrrole nitrogens is 1. The van der Waals surface area contributed by atoms with Crippen molar-refractivity contribution >= 4 is 22.5 Å². The Hall–Kier alpha value is -3.20. The molecule has 9 heteroatoms. The first-order chi connectivity index (χ1) is 16.2. The summed E-state index contributed by atoms with van der Waals surface area (Å²) in [6, 6.07) is 14.8. The summed E-state index contributed by atoms with van der Waals surface area (Å²) in [6.07, 6.45) is 2.04. The molecule has 0 saturated heterocycles. The number of carbonyl (C=O) groups excluding carboxylic acids is 1. The molecule has 34 heavy (non-hydrogen) atoms. The van der Waals surface area contributed by atoms with E-state index in [1.54, 1.807) is 7.11 Å². The van der Waals surface area contributed by atoms with E-state index in [2.05, 4.69) is 52.4 Å². The highest BCUT2D eigenvalue weighted by Crippen LogP contribution is 2.27. The van der Waals surface area contributed by atoms with Gasteiger partial charge in [0.2, 0.25) is 0 Å². The summed E-state index contributed by atoms with van der Waals surface area (Å²) in [5.74, 6) is -1.54. The molecular weight excluding hydrogens is 449 g/mol. The predicted molar refractivity (Wildman–Crippen MR) is 123 cm³/mol. The molecule has 0 aliphatic carbocycles. The number of imidazole rings is 1. The van der Waals surface area contributed by atoms with E-state index in [1.807, 2.05) is 13.1 Å². The first kappa shape index (κ1) is 27.0. The number of Topliss-reactive ketones (excluding diaryl/α,β-unsaturated/α-hetero) is 1. The second-order valence-corrected chi connectivity index (χ2v) is 7.76. The van der Waals surface area contributed by atoms with Crippen molar-refractivity contribution in [3.63, 3.8) is 0 Å². The summed E-state index contributed by atoms with van der Waals surface area (Å²) >= 11 is 0. The van der Waals surface area contributed by atoms with Crippen LogP contribution >= 0.6 is 0 Å². The van der Waals surface area contributed by atoms with Crippen LogP contribution in [0.5, 0.6) is 0 Å². The normalized spacial score (nSPS) is 12.1. The van der Waals surface area contributed by atoms with Gasteiger partial charge in [-0.1, -0.05) is 56.2 Å². The Morgan fingerprint density at radius 3 is 2.38 bits per heavy atom. The van der Waals surface area contributed by atoms with Crippen LogP contribution in [0.3, 0.4) is 0 Å². The summed E-state index contributed by atoms with van der Waals surface area (Å²) in [5.41, 5.74) is 2.13. The lowest BCUT2D eigenvalue weighted by Crippen LogP contribution is -2.21.